The molecule has 1 fully saturated rings. The average Bonchev–Trinajstić information content (AvgIpc) is 2.14. The average molecular weight is 146 g/mol. The molecular weight excluding hydrogens is 132 g/mol. The summed E-state index contributed by atoms with van der Waals surface area (Å²) in [6.45, 7) is 2.56. The quantitative estimate of drug-likeness (QED) is 0.612. The largest absolute Gasteiger partial charge is 0.382 e. The van der Waals surface area contributed by atoms with Crippen LogP contribution in [0.2, 0.25) is 0 Å². The van der Waals surface area contributed by atoms with Crippen LogP contribution in [0, 0.1) is 5.92 Å². The molecule has 1 rings (SSSR count). The molecule has 60 valence electrons. The third kappa shape index (κ3) is 1.68. The standard InChI is InChI=1S/C7H14O3/c1-5-3-6(4-9-2)10-7(5)8/h5-8H,3-4H2,1-2H3/t5-,6-,7?/m0/s1. The van der Waals surface area contributed by atoms with Crippen molar-refractivity contribution in [2.45, 2.75) is 25.7 Å². The lowest BCUT2D eigenvalue weighted by Crippen LogP contribution is -2.15. The summed E-state index contributed by atoms with van der Waals surface area (Å²) >= 11 is 0. The summed E-state index contributed by atoms with van der Waals surface area (Å²) in [6.07, 6.45) is 0.407. The summed E-state index contributed by atoms with van der Waals surface area (Å²) in [4.78, 5) is 0. The van der Waals surface area contributed by atoms with Gasteiger partial charge in [0.05, 0.1) is 12.7 Å². The first-order valence-electron chi connectivity index (χ1n) is 3.56. The maximum Gasteiger partial charge on any atom is 0.157 e. The second-order valence-electron chi connectivity index (χ2n) is 2.82. The smallest absolute Gasteiger partial charge is 0.157 e. The first-order chi connectivity index (χ1) is 4.74. The second kappa shape index (κ2) is 3.32. The Bertz CT molecular complexity index is 95.0. The molecule has 0 spiro atoms. The first-order valence-corrected chi connectivity index (χ1v) is 3.56. The lowest BCUT2D eigenvalue weighted by molar-refractivity contribution is -0.117. The third-order valence-electron chi connectivity index (χ3n) is 1.81. The zero-order chi connectivity index (χ0) is 7.56. The highest BCUT2D eigenvalue weighted by Crippen LogP contribution is 2.23. The number of rotatable bonds is 2. The zero-order valence-corrected chi connectivity index (χ0v) is 6.41. The number of ether oxygens (including phenoxy) is 2. The van der Waals surface area contributed by atoms with E-state index in [1.54, 1.807) is 7.11 Å². The number of hydrogen-bond donors (Lipinski definition) is 1. The molecule has 3 nitrogen and oxygen atoms in total. The van der Waals surface area contributed by atoms with Crippen LogP contribution in [0.3, 0.4) is 0 Å². The summed E-state index contributed by atoms with van der Waals surface area (Å²) < 4.78 is 10.0. The lowest BCUT2D eigenvalue weighted by atomic mass is 10.1. The minimum atomic E-state index is -0.583. The summed E-state index contributed by atoms with van der Waals surface area (Å²) in [5.74, 6) is 0.250. The van der Waals surface area contributed by atoms with Gasteiger partial charge in [0.2, 0.25) is 0 Å². The van der Waals surface area contributed by atoms with Crippen LogP contribution in [-0.2, 0) is 9.47 Å². The van der Waals surface area contributed by atoms with Gasteiger partial charge in [0.15, 0.2) is 6.29 Å². The van der Waals surface area contributed by atoms with E-state index in [1.807, 2.05) is 6.92 Å². The molecule has 1 aliphatic heterocycles. The molecule has 0 saturated carbocycles. The molecular formula is C7H14O3. The maximum atomic E-state index is 9.12. The van der Waals surface area contributed by atoms with E-state index in [4.69, 9.17) is 14.6 Å². The van der Waals surface area contributed by atoms with E-state index >= 15 is 0 Å². The number of hydrogen-bond acceptors (Lipinski definition) is 3. The third-order valence-corrected chi connectivity index (χ3v) is 1.81. The van der Waals surface area contributed by atoms with Crippen LogP contribution in [-0.4, -0.2) is 31.2 Å². The van der Waals surface area contributed by atoms with Gasteiger partial charge in [0, 0.05) is 13.0 Å². The summed E-state index contributed by atoms with van der Waals surface area (Å²) in [5.41, 5.74) is 0. The van der Waals surface area contributed by atoms with Crippen LogP contribution in [0.4, 0.5) is 0 Å². The second-order valence-corrected chi connectivity index (χ2v) is 2.82. The predicted octanol–water partition coefficient (Wildman–Crippen LogP) is 0.376. The van der Waals surface area contributed by atoms with Gasteiger partial charge in [-0.3, -0.25) is 0 Å². The molecule has 3 heteroatoms. The van der Waals surface area contributed by atoms with Crippen molar-refractivity contribution in [2.24, 2.45) is 5.92 Å². The molecule has 1 heterocycles. The van der Waals surface area contributed by atoms with Gasteiger partial charge in [-0.15, -0.1) is 0 Å². The summed E-state index contributed by atoms with van der Waals surface area (Å²) in [7, 11) is 1.64. The fraction of sp³-hybridized carbons (Fsp3) is 1.00. The SMILES string of the molecule is COC[C@@H]1C[C@H](C)C(O)O1. The Morgan fingerprint density at radius 1 is 1.70 bits per heavy atom. The van der Waals surface area contributed by atoms with Gasteiger partial charge in [-0.25, -0.2) is 0 Å². The van der Waals surface area contributed by atoms with Gasteiger partial charge >= 0.3 is 0 Å². The van der Waals surface area contributed by atoms with E-state index in [-0.39, 0.29) is 12.0 Å². The highest BCUT2D eigenvalue weighted by Gasteiger charge is 2.29. The fourth-order valence-electron chi connectivity index (χ4n) is 1.21. The maximum absolute atomic E-state index is 9.12. The number of aliphatic hydroxyl groups is 1. The topological polar surface area (TPSA) is 38.7 Å². The molecule has 0 radical (unpaired) electrons. The molecule has 0 aromatic heterocycles. The van der Waals surface area contributed by atoms with E-state index in [0.717, 1.165) is 6.42 Å². The van der Waals surface area contributed by atoms with Crippen LogP contribution < -0.4 is 0 Å². The van der Waals surface area contributed by atoms with Crippen molar-refractivity contribution >= 4 is 0 Å². The molecule has 0 aromatic carbocycles. The highest BCUT2D eigenvalue weighted by molar-refractivity contribution is 4.72. The zero-order valence-electron chi connectivity index (χ0n) is 6.41. The van der Waals surface area contributed by atoms with E-state index in [9.17, 15) is 0 Å². The van der Waals surface area contributed by atoms with Gasteiger partial charge in [-0.2, -0.15) is 0 Å². The Labute approximate surface area is 60.9 Å². The van der Waals surface area contributed by atoms with Crippen molar-refractivity contribution in [3.63, 3.8) is 0 Å². The Balaban J connectivity index is 2.27. The molecule has 0 aromatic rings. The number of aliphatic hydroxyl groups excluding tert-OH is 1. The molecule has 0 aliphatic carbocycles. The number of methoxy groups -OCH3 is 1. The van der Waals surface area contributed by atoms with Crippen molar-refractivity contribution in [3.8, 4) is 0 Å². The Kier molecular flexibility index (Phi) is 2.65. The van der Waals surface area contributed by atoms with Crippen molar-refractivity contribution in [1.29, 1.82) is 0 Å². The predicted molar refractivity (Wildman–Crippen MR) is 36.5 cm³/mol. The van der Waals surface area contributed by atoms with E-state index in [2.05, 4.69) is 0 Å². The molecule has 10 heavy (non-hydrogen) atoms. The van der Waals surface area contributed by atoms with Gasteiger partial charge in [0.25, 0.3) is 0 Å². The molecule has 0 amide bonds. The Morgan fingerprint density at radius 3 is 2.80 bits per heavy atom. The first kappa shape index (κ1) is 7.98. The fourth-order valence-corrected chi connectivity index (χ4v) is 1.21. The van der Waals surface area contributed by atoms with Crippen LogP contribution >= 0.6 is 0 Å². The van der Waals surface area contributed by atoms with Crippen LogP contribution in [0.5, 0.6) is 0 Å². The van der Waals surface area contributed by atoms with E-state index < -0.39 is 6.29 Å². The molecule has 1 N–H and O–H groups in total. The van der Waals surface area contributed by atoms with Crippen molar-refractivity contribution in [3.05, 3.63) is 0 Å². The van der Waals surface area contributed by atoms with Crippen molar-refractivity contribution < 1.29 is 14.6 Å². The highest BCUT2D eigenvalue weighted by atomic mass is 16.6. The van der Waals surface area contributed by atoms with Gasteiger partial charge in [0.1, 0.15) is 0 Å². The molecule has 1 aliphatic rings. The molecule has 1 saturated heterocycles. The molecule has 0 bridgehead atoms. The molecule has 3 atom stereocenters. The normalized spacial score (nSPS) is 40.5. The van der Waals surface area contributed by atoms with E-state index in [1.165, 1.54) is 0 Å². The minimum Gasteiger partial charge on any atom is -0.382 e. The van der Waals surface area contributed by atoms with Crippen LogP contribution in [0.25, 0.3) is 0 Å². The van der Waals surface area contributed by atoms with Crippen LogP contribution in [0.15, 0.2) is 0 Å². The van der Waals surface area contributed by atoms with Gasteiger partial charge in [-0.1, -0.05) is 6.92 Å². The summed E-state index contributed by atoms with van der Waals surface area (Å²) in [6, 6.07) is 0. The monoisotopic (exact) mass is 146 g/mol. The van der Waals surface area contributed by atoms with E-state index in [0.29, 0.717) is 6.61 Å². The Hall–Kier alpha value is -0.120. The van der Waals surface area contributed by atoms with Gasteiger partial charge in [-0.05, 0) is 6.42 Å². The summed E-state index contributed by atoms with van der Waals surface area (Å²) in [5, 5.41) is 9.12. The lowest BCUT2D eigenvalue weighted by Gasteiger charge is -2.07. The van der Waals surface area contributed by atoms with Crippen molar-refractivity contribution in [2.75, 3.05) is 13.7 Å². The van der Waals surface area contributed by atoms with Gasteiger partial charge < -0.3 is 14.6 Å². The molecule has 1 unspecified atom stereocenters. The Morgan fingerprint density at radius 2 is 2.40 bits per heavy atom. The minimum absolute atomic E-state index is 0.0926. The van der Waals surface area contributed by atoms with Crippen molar-refractivity contribution in [1.82, 2.24) is 0 Å². The van der Waals surface area contributed by atoms with Crippen LogP contribution in [0.1, 0.15) is 13.3 Å².